The first kappa shape index (κ1) is 47.4. The van der Waals surface area contributed by atoms with Crippen LogP contribution in [0.25, 0.3) is 5.57 Å². The number of benzene rings is 1. The minimum atomic E-state index is 0.375. The topological polar surface area (TPSA) is 48.4 Å². The molecule has 0 amide bonds. The molecule has 4 nitrogen and oxygen atoms in total. The van der Waals surface area contributed by atoms with Crippen LogP contribution in [0.4, 0.5) is 0 Å². The molecule has 2 aromatic rings. The van der Waals surface area contributed by atoms with E-state index in [-0.39, 0.29) is 0 Å². The van der Waals surface area contributed by atoms with Gasteiger partial charge in [-0.15, -0.1) is 0 Å². The highest BCUT2D eigenvalue weighted by atomic mass is 16.5. The van der Waals surface area contributed by atoms with Gasteiger partial charge in [0, 0.05) is 6.20 Å². The number of pyridine rings is 1. The van der Waals surface area contributed by atoms with Crippen LogP contribution in [-0.2, 0) is 20.7 Å². The second kappa shape index (κ2) is 32.8. The van der Waals surface area contributed by atoms with E-state index in [4.69, 9.17) is 9.53 Å². The maximum atomic E-state index is 8.95. The number of carbonyl (C=O) groups excluding carboxylic acids is 1. The van der Waals surface area contributed by atoms with Crippen molar-refractivity contribution in [1.29, 1.82) is 0 Å². The molecule has 0 spiro atoms. The zero-order valence-corrected chi connectivity index (χ0v) is 33.2. The first-order chi connectivity index (χ1) is 23.0. The van der Waals surface area contributed by atoms with Crippen molar-refractivity contribution in [1.82, 2.24) is 4.98 Å². The lowest BCUT2D eigenvalue weighted by atomic mass is 9.97. The third-order valence-corrected chi connectivity index (χ3v) is 8.02. The second-order valence-electron chi connectivity index (χ2n) is 13.6. The van der Waals surface area contributed by atoms with Crippen molar-refractivity contribution in [3.63, 3.8) is 0 Å². The summed E-state index contributed by atoms with van der Waals surface area (Å²) in [6, 6.07) is 12.9. The minimum Gasteiger partial charge on any atom is -0.471 e. The first-order valence-corrected chi connectivity index (χ1v) is 18.8. The molecule has 0 N–H and O–H groups in total. The standard InChI is InChI=1S/C13H26O.C12H18.C9H11N.C8H16.C2H4O2/c1-3-8-12(9-4-2)14-13-10-6-5-7-11-13;1-3-4-5-6-12-9-7-11(2)8-10-12;1-7(2)9-6-8(3)4-5-10-9;1-5-8(4)6-7(2)3;1-4-2-3/h12-13H,3-11H2,1-2H3;7-10H,3-6H2,1-2H3;4-6H,1H2,2-3H3;5,7H,6H2,1-4H3;2H,1H3/b;;;8-5+;. The number of rotatable bonds is 14. The normalized spacial score (nSPS) is 12.6. The predicted molar refractivity (Wildman–Crippen MR) is 212 cm³/mol. The Morgan fingerprint density at radius 3 is 1.90 bits per heavy atom. The van der Waals surface area contributed by atoms with Gasteiger partial charge in [-0.2, -0.15) is 0 Å². The Kier molecular flexibility index (Phi) is 32.4. The summed E-state index contributed by atoms with van der Waals surface area (Å²) in [6.07, 6.45) is 23.5. The fourth-order valence-electron chi connectivity index (χ4n) is 5.26. The van der Waals surface area contributed by atoms with Crippen molar-refractivity contribution in [2.75, 3.05) is 7.11 Å². The number of ether oxygens (including phenoxy) is 2. The molecule has 1 heterocycles. The highest BCUT2D eigenvalue weighted by Crippen LogP contribution is 2.24. The van der Waals surface area contributed by atoms with Gasteiger partial charge in [-0.3, -0.25) is 9.78 Å². The third kappa shape index (κ3) is 29.4. The number of hydrogen-bond donors (Lipinski definition) is 0. The summed E-state index contributed by atoms with van der Waals surface area (Å²) in [4.78, 5) is 13.1. The molecular weight excluding hydrogens is 590 g/mol. The summed E-state index contributed by atoms with van der Waals surface area (Å²) >= 11 is 0. The molecule has 0 saturated heterocycles. The number of methoxy groups -OCH3 is 1. The molecule has 0 atom stereocenters. The number of hydrogen-bond acceptors (Lipinski definition) is 4. The molecule has 4 heteroatoms. The monoisotopic (exact) mass is 666 g/mol. The van der Waals surface area contributed by atoms with Gasteiger partial charge in [0.1, 0.15) is 0 Å². The Balaban J connectivity index is 0. The lowest BCUT2D eigenvalue weighted by Gasteiger charge is -2.27. The molecule has 1 aliphatic rings. The minimum absolute atomic E-state index is 0.375. The van der Waals surface area contributed by atoms with Gasteiger partial charge < -0.3 is 9.47 Å². The van der Waals surface area contributed by atoms with Crippen LogP contribution in [0.2, 0.25) is 0 Å². The molecule has 1 aliphatic carbocycles. The van der Waals surface area contributed by atoms with Gasteiger partial charge in [0.2, 0.25) is 0 Å². The summed E-state index contributed by atoms with van der Waals surface area (Å²) in [7, 11) is 1.31. The fourth-order valence-corrected chi connectivity index (χ4v) is 5.26. The highest BCUT2D eigenvalue weighted by molar-refractivity contribution is 5.57. The van der Waals surface area contributed by atoms with Crippen molar-refractivity contribution in [2.45, 2.75) is 171 Å². The predicted octanol–water partition coefficient (Wildman–Crippen LogP) is 13.2. The van der Waals surface area contributed by atoms with Gasteiger partial charge in [0.05, 0.1) is 25.0 Å². The van der Waals surface area contributed by atoms with E-state index in [9.17, 15) is 0 Å². The van der Waals surface area contributed by atoms with Crippen LogP contribution < -0.4 is 0 Å². The number of unbranched alkanes of at least 4 members (excludes halogenated alkanes) is 2. The Morgan fingerprint density at radius 2 is 1.50 bits per heavy atom. The molecule has 48 heavy (non-hydrogen) atoms. The largest absolute Gasteiger partial charge is 0.471 e. The Bertz CT molecular complexity index is 1050. The highest BCUT2D eigenvalue weighted by Gasteiger charge is 2.18. The van der Waals surface area contributed by atoms with Crippen LogP contribution in [0.3, 0.4) is 0 Å². The second-order valence-corrected chi connectivity index (χ2v) is 13.6. The van der Waals surface area contributed by atoms with Gasteiger partial charge in [-0.25, -0.2) is 0 Å². The third-order valence-electron chi connectivity index (χ3n) is 8.02. The molecule has 0 aliphatic heterocycles. The Hall–Kier alpha value is -2.72. The zero-order chi connectivity index (χ0) is 36.6. The molecule has 3 rings (SSSR count). The number of nitrogens with zero attached hydrogens (tertiary/aromatic N) is 1. The SMILES string of the molecule is C/C=C(\C)CC(C)C.C=C(C)c1cc(C)ccn1.CCCC(CCC)OC1CCCCC1.CCCCCc1ccc(C)cc1.COC=O. The number of carbonyl (C=O) groups is 1. The Morgan fingerprint density at radius 1 is 0.917 bits per heavy atom. The van der Waals surface area contributed by atoms with Crippen LogP contribution in [0.1, 0.15) is 161 Å². The molecule has 1 aromatic heterocycles. The van der Waals surface area contributed by atoms with Gasteiger partial charge in [-0.05, 0) is 114 Å². The quantitative estimate of drug-likeness (QED) is 0.114. The zero-order valence-electron chi connectivity index (χ0n) is 33.2. The van der Waals surface area contributed by atoms with Crippen molar-refractivity contribution in [3.05, 3.63) is 83.2 Å². The van der Waals surface area contributed by atoms with Gasteiger partial charge >= 0.3 is 0 Å². The maximum Gasteiger partial charge on any atom is 0.292 e. The molecule has 1 fully saturated rings. The summed E-state index contributed by atoms with van der Waals surface area (Å²) in [6.45, 7) is 25.8. The van der Waals surface area contributed by atoms with Crippen molar-refractivity contribution in [3.8, 4) is 0 Å². The van der Waals surface area contributed by atoms with E-state index in [0.717, 1.165) is 17.2 Å². The molecular formula is C44H75NO3. The lowest BCUT2D eigenvalue weighted by Crippen LogP contribution is -2.24. The number of aromatic nitrogens is 1. The lowest BCUT2D eigenvalue weighted by molar-refractivity contribution is -0.126. The summed E-state index contributed by atoms with van der Waals surface area (Å²) in [5.41, 5.74) is 7.57. The van der Waals surface area contributed by atoms with Gasteiger partial charge in [0.15, 0.2) is 0 Å². The van der Waals surface area contributed by atoms with E-state index in [0.29, 0.717) is 18.7 Å². The van der Waals surface area contributed by atoms with Crippen LogP contribution in [0.15, 0.2) is 60.8 Å². The summed E-state index contributed by atoms with van der Waals surface area (Å²) in [5, 5.41) is 0. The van der Waals surface area contributed by atoms with E-state index in [1.807, 2.05) is 26.0 Å². The number of allylic oxidation sites excluding steroid dienone is 3. The van der Waals surface area contributed by atoms with Gasteiger partial charge in [0.25, 0.3) is 6.47 Å². The summed E-state index contributed by atoms with van der Waals surface area (Å²) in [5.74, 6) is 0.811. The number of aryl methyl sites for hydroxylation is 3. The van der Waals surface area contributed by atoms with E-state index >= 15 is 0 Å². The molecule has 1 saturated carbocycles. The van der Waals surface area contributed by atoms with Crippen LogP contribution in [0, 0.1) is 19.8 Å². The van der Waals surface area contributed by atoms with Crippen LogP contribution in [-0.4, -0.2) is 30.8 Å². The average molecular weight is 666 g/mol. The molecule has 1 aromatic carbocycles. The van der Waals surface area contributed by atoms with E-state index in [1.54, 1.807) is 6.20 Å². The van der Waals surface area contributed by atoms with Crippen molar-refractivity contribution >= 4 is 12.0 Å². The average Bonchev–Trinajstić information content (AvgIpc) is 3.07. The van der Waals surface area contributed by atoms with E-state index in [1.165, 1.54) is 119 Å². The van der Waals surface area contributed by atoms with Crippen LogP contribution >= 0.6 is 0 Å². The van der Waals surface area contributed by atoms with E-state index in [2.05, 4.69) is 102 Å². The maximum absolute atomic E-state index is 8.95. The Labute approximate surface area is 298 Å². The fraction of sp³-hybridized carbons (Fsp3) is 0.636. The molecule has 274 valence electrons. The smallest absolute Gasteiger partial charge is 0.292 e. The summed E-state index contributed by atoms with van der Waals surface area (Å²) < 4.78 is 10.0. The first-order valence-electron chi connectivity index (χ1n) is 18.8. The van der Waals surface area contributed by atoms with Crippen molar-refractivity contribution < 1.29 is 14.3 Å². The van der Waals surface area contributed by atoms with Crippen molar-refractivity contribution in [2.24, 2.45) is 5.92 Å². The van der Waals surface area contributed by atoms with Crippen LogP contribution in [0.5, 0.6) is 0 Å². The van der Waals surface area contributed by atoms with E-state index < -0.39 is 0 Å². The van der Waals surface area contributed by atoms with Gasteiger partial charge in [-0.1, -0.05) is 128 Å². The molecule has 0 unspecified atom stereocenters. The molecule has 0 bridgehead atoms. The molecule has 0 radical (unpaired) electrons.